The van der Waals surface area contributed by atoms with Gasteiger partial charge in [-0.2, -0.15) is 0 Å². The molecule has 0 spiro atoms. The molecule has 0 radical (unpaired) electrons. The van der Waals surface area contributed by atoms with E-state index in [1.54, 1.807) is 13.0 Å². The van der Waals surface area contributed by atoms with E-state index in [0.29, 0.717) is 11.1 Å². The third-order valence-corrected chi connectivity index (χ3v) is 4.86. The molecule has 142 valence electrons. The number of morpholine rings is 1. The maximum absolute atomic E-state index is 12.8. The fourth-order valence-electron chi connectivity index (χ4n) is 3.33. The minimum Gasteiger partial charge on any atom is -0.370 e. The Balaban J connectivity index is 1.77. The van der Waals surface area contributed by atoms with Crippen LogP contribution in [0.3, 0.4) is 0 Å². The summed E-state index contributed by atoms with van der Waals surface area (Å²) in [6, 6.07) is 14.2. The lowest BCUT2D eigenvalue weighted by Gasteiger charge is -2.28. The molecule has 1 saturated heterocycles. The maximum Gasteiger partial charge on any atom is 0.272 e. The summed E-state index contributed by atoms with van der Waals surface area (Å²) in [7, 11) is 0. The van der Waals surface area contributed by atoms with Crippen molar-refractivity contribution in [1.29, 1.82) is 0 Å². The number of amides is 1. The summed E-state index contributed by atoms with van der Waals surface area (Å²) >= 11 is 0. The van der Waals surface area contributed by atoms with Crippen LogP contribution in [0.1, 0.15) is 27.5 Å². The molecule has 0 saturated carbocycles. The summed E-state index contributed by atoms with van der Waals surface area (Å²) in [6.45, 7) is 5.69. The van der Waals surface area contributed by atoms with E-state index in [4.69, 9.17) is 4.74 Å². The molecule has 2 aromatic carbocycles. The largest absolute Gasteiger partial charge is 0.370 e. The number of rotatable bonds is 6. The van der Waals surface area contributed by atoms with Gasteiger partial charge in [-0.1, -0.05) is 30.3 Å². The van der Waals surface area contributed by atoms with E-state index < -0.39 is 4.92 Å². The second-order valence-electron chi connectivity index (χ2n) is 6.76. The second kappa shape index (κ2) is 8.75. The Morgan fingerprint density at radius 3 is 2.56 bits per heavy atom. The number of carbonyl (C=O) groups excluding carboxylic acids is 1. The quantitative estimate of drug-likeness (QED) is 0.593. The number of benzene rings is 2. The number of nitrogens with one attached hydrogen (secondary N) is 2. The molecule has 0 unspecified atom stereocenters. The summed E-state index contributed by atoms with van der Waals surface area (Å²) in [6.07, 6.45) is 0. The number of nitro benzene ring substituents is 1. The predicted octanol–water partition coefficient (Wildman–Crippen LogP) is 1.29. The normalized spacial score (nSPS) is 15.9. The molecular weight excluding hydrogens is 346 g/mol. The first kappa shape index (κ1) is 19.0. The van der Waals surface area contributed by atoms with Crippen molar-refractivity contribution in [2.24, 2.45) is 0 Å². The van der Waals surface area contributed by atoms with Gasteiger partial charge in [0.2, 0.25) is 0 Å². The van der Waals surface area contributed by atoms with Gasteiger partial charge < -0.3 is 15.0 Å². The fraction of sp³-hybridized carbons (Fsp3) is 0.350. The Morgan fingerprint density at radius 2 is 1.93 bits per heavy atom. The summed E-state index contributed by atoms with van der Waals surface area (Å²) in [5.41, 5.74) is 1.96. The van der Waals surface area contributed by atoms with Crippen molar-refractivity contribution < 1.29 is 19.4 Å². The average Bonchev–Trinajstić information content (AvgIpc) is 2.68. The van der Waals surface area contributed by atoms with Gasteiger partial charge in [0.1, 0.15) is 25.7 Å². The lowest BCUT2D eigenvalue weighted by molar-refractivity contribution is -0.909. The predicted molar refractivity (Wildman–Crippen MR) is 101 cm³/mol. The van der Waals surface area contributed by atoms with Crippen LogP contribution in [0.4, 0.5) is 5.69 Å². The van der Waals surface area contributed by atoms with Crippen LogP contribution in [0.15, 0.2) is 48.5 Å². The van der Waals surface area contributed by atoms with Crippen LogP contribution < -0.4 is 10.2 Å². The van der Waals surface area contributed by atoms with Crippen LogP contribution in [-0.4, -0.2) is 43.7 Å². The summed E-state index contributed by atoms with van der Waals surface area (Å²) in [5.74, 6) is -0.227. The zero-order chi connectivity index (χ0) is 19.2. The summed E-state index contributed by atoms with van der Waals surface area (Å²) in [5, 5.41) is 14.1. The Kier molecular flexibility index (Phi) is 6.16. The zero-order valence-corrected chi connectivity index (χ0v) is 15.3. The monoisotopic (exact) mass is 370 g/mol. The second-order valence-corrected chi connectivity index (χ2v) is 6.76. The van der Waals surface area contributed by atoms with Gasteiger partial charge in [0.15, 0.2) is 0 Å². The van der Waals surface area contributed by atoms with Gasteiger partial charge in [0.05, 0.1) is 18.1 Å². The molecule has 0 aliphatic carbocycles. The molecule has 2 aromatic rings. The van der Waals surface area contributed by atoms with Crippen LogP contribution in [0.2, 0.25) is 0 Å². The van der Waals surface area contributed by atoms with Crippen molar-refractivity contribution in [2.75, 3.05) is 32.8 Å². The van der Waals surface area contributed by atoms with Gasteiger partial charge in [-0.05, 0) is 24.6 Å². The maximum atomic E-state index is 12.8. The van der Waals surface area contributed by atoms with Gasteiger partial charge in [0.25, 0.3) is 11.6 Å². The number of nitro groups is 1. The molecule has 0 aromatic heterocycles. The van der Waals surface area contributed by atoms with Crippen molar-refractivity contribution in [3.05, 3.63) is 75.3 Å². The highest BCUT2D eigenvalue weighted by Crippen LogP contribution is 2.19. The van der Waals surface area contributed by atoms with Crippen molar-refractivity contribution in [3.63, 3.8) is 0 Å². The van der Waals surface area contributed by atoms with Gasteiger partial charge in [0, 0.05) is 17.2 Å². The molecule has 3 rings (SSSR count). The average molecular weight is 370 g/mol. The van der Waals surface area contributed by atoms with E-state index in [9.17, 15) is 14.9 Å². The highest BCUT2D eigenvalue weighted by Gasteiger charge is 2.24. The number of quaternary nitrogens is 1. The number of carbonyl (C=O) groups is 1. The van der Waals surface area contributed by atoms with Crippen molar-refractivity contribution >= 4 is 11.6 Å². The minimum atomic E-state index is -0.439. The minimum absolute atomic E-state index is 0.0175. The first-order valence-electron chi connectivity index (χ1n) is 9.07. The van der Waals surface area contributed by atoms with Gasteiger partial charge in [-0.15, -0.1) is 0 Å². The number of aryl methyl sites for hydroxylation is 1. The number of hydrogen-bond acceptors (Lipinski definition) is 4. The highest BCUT2D eigenvalue weighted by molar-refractivity contribution is 5.95. The SMILES string of the molecule is Cc1cc(C(=O)N[C@@H](C[NH+]2CCOCC2)c2ccccc2)ccc1[N+](=O)[O-]. The molecule has 2 N–H and O–H groups in total. The van der Waals surface area contributed by atoms with Crippen molar-refractivity contribution in [1.82, 2.24) is 5.32 Å². The van der Waals surface area contributed by atoms with Gasteiger partial charge in [-0.3, -0.25) is 14.9 Å². The van der Waals surface area contributed by atoms with E-state index in [1.165, 1.54) is 17.0 Å². The van der Waals surface area contributed by atoms with Crippen LogP contribution in [0.5, 0.6) is 0 Å². The van der Waals surface area contributed by atoms with E-state index in [0.717, 1.165) is 38.4 Å². The molecule has 1 atom stereocenters. The molecule has 7 nitrogen and oxygen atoms in total. The first-order valence-corrected chi connectivity index (χ1v) is 9.07. The molecular formula is C20H24N3O4+. The standard InChI is InChI=1S/C20H23N3O4/c1-15-13-17(7-8-19(15)23(25)26)20(24)21-18(16-5-3-2-4-6-16)14-22-9-11-27-12-10-22/h2-8,13,18H,9-12,14H2,1H3,(H,21,24)/p+1/t18-/m0/s1. The van der Waals surface area contributed by atoms with E-state index in [2.05, 4.69) is 5.32 Å². The first-order chi connectivity index (χ1) is 13.0. The molecule has 1 aliphatic heterocycles. The molecule has 7 heteroatoms. The van der Waals surface area contributed by atoms with Crippen LogP contribution in [0, 0.1) is 17.0 Å². The Bertz CT molecular complexity index is 804. The molecule has 1 heterocycles. The number of hydrogen-bond donors (Lipinski definition) is 2. The van der Waals surface area contributed by atoms with Gasteiger partial charge in [-0.25, -0.2) is 0 Å². The fourth-order valence-corrected chi connectivity index (χ4v) is 3.33. The lowest BCUT2D eigenvalue weighted by atomic mass is 10.0. The summed E-state index contributed by atoms with van der Waals surface area (Å²) in [4.78, 5) is 24.7. The molecule has 0 bridgehead atoms. The third-order valence-electron chi connectivity index (χ3n) is 4.86. The molecule has 1 fully saturated rings. The molecule has 27 heavy (non-hydrogen) atoms. The van der Waals surface area contributed by atoms with Crippen LogP contribution in [-0.2, 0) is 4.74 Å². The molecule has 1 amide bonds. The highest BCUT2D eigenvalue weighted by atomic mass is 16.6. The van der Waals surface area contributed by atoms with Crippen molar-refractivity contribution in [2.45, 2.75) is 13.0 Å². The number of ether oxygens (including phenoxy) is 1. The Labute approximate surface area is 158 Å². The smallest absolute Gasteiger partial charge is 0.272 e. The summed E-state index contributed by atoms with van der Waals surface area (Å²) < 4.78 is 5.42. The van der Waals surface area contributed by atoms with E-state index >= 15 is 0 Å². The third kappa shape index (κ3) is 4.90. The van der Waals surface area contributed by atoms with Crippen LogP contribution in [0.25, 0.3) is 0 Å². The number of nitrogens with zero attached hydrogens (tertiary/aromatic N) is 1. The van der Waals surface area contributed by atoms with Gasteiger partial charge >= 0.3 is 0 Å². The van der Waals surface area contributed by atoms with Crippen molar-refractivity contribution in [3.8, 4) is 0 Å². The Hall–Kier alpha value is -2.77. The van der Waals surface area contributed by atoms with E-state index in [1.807, 2.05) is 30.3 Å². The topological polar surface area (TPSA) is 85.9 Å². The zero-order valence-electron chi connectivity index (χ0n) is 15.3. The van der Waals surface area contributed by atoms with Crippen LogP contribution >= 0.6 is 0 Å². The lowest BCUT2D eigenvalue weighted by Crippen LogP contribution is -3.14. The Morgan fingerprint density at radius 1 is 1.22 bits per heavy atom. The van der Waals surface area contributed by atoms with E-state index in [-0.39, 0.29) is 17.6 Å². The molecule has 1 aliphatic rings.